The topological polar surface area (TPSA) is 45.2 Å². The molecule has 5 nitrogen and oxygen atoms in total. The summed E-state index contributed by atoms with van der Waals surface area (Å²) in [5, 5.41) is 1.17. The van der Waals surface area contributed by atoms with Crippen molar-refractivity contribution in [3.63, 3.8) is 0 Å². The lowest BCUT2D eigenvalue weighted by molar-refractivity contribution is 0.479. The van der Waals surface area contributed by atoms with Crippen molar-refractivity contribution in [1.82, 2.24) is 15.0 Å². The minimum atomic E-state index is 0.540. The zero-order valence-corrected chi connectivity index (χ0v) is 13.6. The summed E-state index contributed by atoms with van der Waals surface area (Å²) in [5.41, 5.74) is 1.16. The van der Waals surface area contributed by atoms with E-state index in [1.807, 2.05) is 17.4 Å². The molecule has 1 saturated heterocycles. The van der Waals surface area contributed by atoms with E-state index in [1.54, 1.807) is 12.5 Å². The number of hydrogen-bond donors (Lipinski definition) is 0. The summed E-state index contributed by atoms with van der Waals surface area (Å²) >= 11 is 1.81. The van der Waals surface area contributed by atoms with E-state index in [1.165, 1.54) is 10.0 Å². The summed E-state index contributed by atoms with van der Waals surface area (Å²) in [4.78, 5) is 19.0. The van der Waals surface area contributed by atoms with E-state index in [9.17, 15) is 0 Å². The van der Waals surface area contributed by atoms with Crippen LogP contribution >= 0.6 is 11.3 Å². The number of anilines is 2. The number of hydrogen-bond acceptors (Lipinski definition) is 6. The number of aryl methyl sites for hydroxylation is 2. The first-order chi connectivity index (χ1) is 10.1. The molecule has 0 aromatic carbocycles. The molecule has 0 N–H and O–H groups in total. The maximum Gasteiger partial charge on any atom is 0.185 e. The molecule has 1 fully saturated rings. The molecular weight excluding hydrogens is 282 g/mol. The predicted molar refractivity (Wildman–Crippen MR) is 87.3 cm³/mol. The Morgan fingerprint density at radius 1 is 1.29 bits per heavy atom. The van der Waals surface area contributed by atoms with Crippen molar-refractivity contribution < 1.29 is 0 Å². The van der Waals surface area contributed by atoms with Gasteiger partial charge in [0.2, 0.25) is 0 Å². The molecule has 112 valence electrons. The highest BCUT2D eigenvalue weighted by Gasteiger charge is 2.24. The molecule has 0 radical (unpaired) electrons. The third kappa shape index (κ3) is 3.00. The SMILES string of the molecule is Cc1nc(N2CCC(N(C)c3ccncn3)CC2)sc1C. The van der Waals surface area contributed by atoms with Crippen molar-refractivity contribution in [3.05, 3.63) is 29.2 Å². The Kier molecular flexibility index (Phi) is 4.05. The van der Waals surface area contributed by atoms with Gasteiger partial charge in [0.05, 0.1) is 5.69 Å². The molecular formula is C15H21N5S. The molecule has 0 bridgehead atoms. The Labute approximate surface area is 129 Å². The molecule has 21 heavy (non-hydrogen) atoms. The molecule has 0 amide bonds. The van der Waals surface area contributed by atoms with E-state index in [2.05, 4.69) is 45.6 Å². The van der Waals surface area contributed by atoms with Crippen LogP contribution in [0, 0.1) is 13.8 Å². The van der Waals surface area contributed by atoms with Gasteiger partial charge in [-0.1, -0.05) is 0 Å². The molecule has 1 aliphatic rings. The monoisotopic (exact) mass is 303 g/mol. The lowest BCUT2D eigenvalue weighted by Gasteiger charge is -2.37. The van der Waals surface area contributed by atoms with Gasteiger partial charge in [-0.2, -0.15) is 0 Å². The molecule has 3 rings (SSSR count). The van der Waals surface area contributed by atoms with Crippen LogP contribution in [0.2, 0.25) is 0 Å². The molecule has 0 aliphatic carbocycles. The maximum absolute atomic E-state index is 4.67. The van der Waals surface area contributed by atoms with Crippen molar-refractivity contribution >= 4 is 22.3 Å². The van der Waals surface area contributed by atoms with E-state index >= 15 is 0 Å². The number of rotatable bonds is 3. The highest BCUT2D eigenvalue weighted by molar-refractivity contribution is 7.15. The van der Waals surface area contributed by atoms with Crippen LogP contribution in [0.1, 0.15) is 23.4 Å². The van der Waals surface area contributed by atoms with Crippen LogP contribution < -0.4 is 9.80 Å². The summed E-state index contributed by atoms with van der Waals surface area (Å²) in [6.45, 7) is 6.36. The van der Waals surface area contributed by atoms with Gasteiger partial charge in [-0.15, -0.1) is 11.3 Å². The fraction of sp³-hybridized carbons (Fsp3) is 0.533. The van der Waals surface area contributed by atoms with Crippen LogP contribution in [0.4, 0.5) is 10.9 Å². The van der Waals surface area contributed by atoms with Gasteiger partial charge in [0.25, 0.3) is 0 Å². The van der Waals surface area contributed by atoms with Gasteiger partial charge in [0.15, 0.2) is 5.13 Å². The highest BCUT2D eigenvalue weighted by atomic mass is 32.1. The van der Waals surface area contributed by atoms with Gasteiger partial charge >= 0.3 is 0 Å². The van der Waals surface area contributed by atoms with Crippen LogP contribution in [-0.4, -0.2) is 41.1 Å². The van der Waals surface area contributed by atoms with Crippen LogP contribution in [0.5, 0.6) is 0 Å². The molecule has 2 aromatic heterocycles. The number of thiazole rings is 1. The van der Waals surface area contributed by atoms with Gasteiger partial charge in [0.1, 0.15) is 12.1 Å². The second kappa shape index (κ2) is 5.97. The number of aromatic nitrogens is 3. The normalized spacial score (nSPS) is 16.2. The standard InChI is InChI=1S/C15H21N5S/c1-11-12(2)21-15(18-11)20-8-5-13(6-9-20)19(3)14-4-7-16-10-17-14/h4,7,10,13H,5-6,8-9H2,1-3H3. The number of piperidine rings is 1. The van der Waals surface area contributed by atoms with Crippen molar-refractivity contribution in [2.45, 2.75) is 32.7 Å². The average molecular weight is 303 g/mol. The second-order valence-electron chi connectivity index (χ2n) is 5.53. The van der Waals surface area contributed by atoms with Crippen molar-refractivity contribution in [2.24, 2.45) is 0 Å². The molecule has 0 spiro atoms. The first-order valence-corrected chi connectivity index (χ1v) is 8.14. The average Bonchev–Trinajstić information content (AvgIpc) is 2.87. The van der Waals surface area contributed by atoms with Gasteiger partial charge in [-0.3, -0.25) is 0 Å². The summed E-state index contributed by atoms with van der Waals surface area (Å²) < 4.78 is 0. The van der Waals surface area contributed by atoms with E-state index in [0.717, 1.165) is 37.4 Å². The van der Waals surface area contributed by atoms with Crippen LogP contribution in [0.15, 0.2) is 18.6 Å². The Bertz CT molecular complexity index is 570. The molecule has 2 aromatic rings. The third-order valence-electron chi connectivity index (χ3n) is 4.23. The Balaban J connectivity index is 1.62. The Morgan fingerprint density at radius 2 is 2.05 bits per heavy atom. The molecule has 6 heteroatoms. The first-order valence-electron chi connectivity index (χ1n) is 7.33. The van der Waals surface area contributed by atoms with E-state index in [4.69, 9.17) is 0 Å². The summed E-state index contributed by atoms with van der Waals surface area (Å²) in [6.07, 6.45) is 5.69. The minimum Gasteiger partial charge on any atom is -0.356 e. The largest absolute Gasteiger partial charge is 0.356 e. The van der Waals surface area contributed by atoms with Gasteiger partial charge < -0.3 is 9.80 Å². The molecule has 1 aliphatic heterocycles. The predicted octanol–water partition coefficient (Wildman–Crippen LogP) is 2.66. The van der Waals surface area contributed by atoms with Crippen LogP contribution in [0.25, 0.3) is 0 Å². The lowest BCUT2D eigenvalue weighted by atomic mass is 10.0. The smallest absolute Gasteiger partial charge is 0.185 e. The molecule has 0 saturated carbocycles. The second-order valence-corrected chi connectivity index (χ2v) is 6.72. The third-order valence-corrected chi connectivity index (χ3v) is 5.36. The lowest BCUT2D eigenvalue weighted by Crippen LogP contribution is -2.43. The zero-order chi connectivity index (χ0) is 14.8. The summed E-state index contributed by atoms with van der Waals surface area (Å²) in [7, 11) is 2.13. The van der Waals surface area contributed by atoms with Gasteiger partial charge in [0, 0.05) is 37.3 Å². The minimum absolute atomic E-state index is 0.540. The van der Waals surface area contributed by atoms with Gasteiger partial charge in [-0.05, 0) is 32.8 Å². The fourth-order valence-corrected chi connectivity index (χ4v) is 3.68. The van der Waals surface area contributed by atoms with Crippen LogP contribution in [-0.2, 0) is 0 Å². The molecule has 0 atom stereocenters. The Hall–Kier alpha value is -1.69. The highest BCUT2D eigenvalue weighted by Crippen LogP contribution is 2.29. The van der Waals surface area contributed by atoms with Crippen molar-refractivity contribution in [3.8, 4) is 0 Å². The molecule has 3 heterocycles. The van der Waals surface area contributed by atoms with E-state index in [0.29, 0.717) is 6.04 Å². The quantitative estimate of drug-likeness (QED) is 0.872. The fourth-order valence-electron chi connectivity index (χ4n) is 2.71. The van der Waals surface area contributed by atoms with Gasteiger partial charge in [-0.25, -0.2) is 15.0 Å². The maximum atomic E-state index is 4.67. The molecule has 0 unspecified atom stereocenters. The Morgan fingerprint density at radius 3 is 2.62 bits per heavy atom. The zero-order valence-electron chi connectivity index (χ0n) is 12.8. The van der Waals surface area contributed by atoms with Crippen LogP contribution in [0.3, 0.4) is 0 Å². The van der Waals surface area contributed by atoms with Crippen molar-refractivity contribution in [2.75, 3.05) is 29.9 Å². The van der Waals surface area contributed by atoms with Crippen molar-refractivity contribution in [1.29, 1.82) is 0 Å². The van der Waals surface area contributed by atoms with E-state index < -0.39 is 0 Å². The van der Waals surface area contributed by atoms with E-state index in [-0.39, 0.29) is 0 Å². The first kappa shape index (κ1) is 14.3. The number of nitrogens with zero attached hydrogens (tertiary/aromatic N) is 5. The summed E-state index contributed by atoms with van der Waals surface area (Å²) in [6, 6.07) is 2.51. The summed E-state index contributed by atoms with van der Waals surface area (Å²) in [5.74, 6) is 1.00.